The normalized spacial score (nSPS) is 16.4. The molecule has 0 aromatic heterocycles. The minimum atomic E-state index is -3.51. The molecule has 1 N–H and O–H groups in total. The zero-order valence-electron chi connectivity index (χ0n) is 16.5. The van der Waals surface area contributed by atoms with Crippen LogP contribution in [0, 0.1) is 0 Å². The van der Waals surface area contributed by atoms with E-state index >= 15 is 0 Å². The lowest BCUT2D eigenvalue weighted by Crippen LogP contribution is -2.40. The zero-order chi connectivity index (χ0) is 21.0. The van der Waals surface area contributed by atoms with Gasteiger partial charge in [0, 0.05) is 26.1 Å². The Hall–Kier alpha value is -2.62. The molecule has 9 heteroatoms. The van der Waals surface area contributed by atoms with Crippen molar-refractivity contribution in [2.75, 3.05) is 33.1 Å². The van der Waals surface area contributed by atoms with E-state index in [1.165, 1.54) is 4.31 Å². The fourth-order valence-corrected chi connectivity index (χ4v) is 4.77. The molecule has 0 radical (unpaired) electrons. The summed E-state index contributed by atoms with van der Waals surface area (Å²) < 4.78 is 42.6. The summed E-state index contributed by atoms with van der Waals surface area (Å²) >= 11 is 0. The third kappa shape index (κ3) is 4.75. The van der Waals surface area contributed by atoms with Gasteiger partial charge in [0.25, 0.3) is 0 Å². The van der Waals surface area contributed by atoms with Crippen molar-refractivity contribution >= 4 is 15.9 Å². The van der Waals surface area contributed by atoms with Gasteiger partial charge in [0.1, 0.15) is 0 Å². The summed E-state index contributed by atoms with van der Waals surface area (Å²) in [6.45, 7) is 2.13. The van der Waals surface area contributed by atoms with E-state index in [9.17, 15) is 13.2 Å². The number of hydrogen-bond donors (Lipinski definition) is 1. The molecule has 0 unspecified atom stereocenters. The molecule has 8 nitrogen and oxygen atoms in total. The van der Waals surface area contributed by atoms with Gasteiger partial charge in [-0.25, -0.2) is 8.42 Å². The first kappa shape index (κ1) is 20.6. The van der Waals surface area contributed by atoms with Crippen molar-refractivity contribution < 1.29 is 27.4 Å². The van der Waals surface area contributed by atoms with Crippen molar-refractivity contribution in [3.05, 3.63) is 53.6 Å². The molecular weight excluding hydrogens is 408 g/mol. The monoisotopic (exact) mass is 432 g/mol. The summed E-state index contributed by atoms with van der Waals surface area (Å²) in [4.78, 5) is 12.4. The highest BCUT2D eigenvalue weighted by Gasteiger charge is 2.26. The van der Waals surface area contributed by atoms with Gasteiger partial charge in [0.2, 0.25) is 22.7 Å². The number of aryl methyl sites for hydroxylation is 1. The van der Waals surface area contributed by atoms with Gasteiger partial charge in [0.05, 0.1) is 18.1 Å². The number of nitrogens with one attached hydrogen (secondary N) is 1. The topological polar surface area (TPSA) is 94.2 Å². The second kappa shape index (κ2) is 9.03. The summed E-state index contributed by atoms with van der Waals surface area (Å²) in [6.07, 6.45) is 0.947. The molecule has 4 rings (SSSR count). The Morgan fingerprint density at radius 2 is 1.67 bits per heavy atom. The fraction of sp³-hybridized carbons (Fsp3) is 0.381. The summed E-state index contributed by atoms with van der Waals surface area (Å²) in [5, 5.41) is 2.87. The first-order valence-electron chi connectivity index (χ1n) is 9.84. The predicted molar refractivity (Wildman–Crippen MR) is 109 cm³/mol. The van der Waals surface area contributed by atoms with Crippen LogP contribution in [0.5, 0.6) is 11.5 Å². The average molecular weight is 432 g/mol. The minimum absolute atomic E-state index is 0.0716. The molecule has 2 heterocycles. The number of amides is 1. The van der Waals surface area contributed by atoms with Crippen LogP contribution in [-0.4, -0.2) is 51.7 Å². The van der Waals surface area contributed by atoms with E-state index in [4.69, 9.17) is 14.2 Å². The van der Waals surface area contributed by atoms with Crippen molar-refractivity contribution in [2.24, 2.45) is 0 Å². The van der Waals surface area contributed by atoms with Crippen molar-refractivity contribution in [1.29, 1.82) is 0 Å². The number of carbonyl (C=O) groups excluding carboxylic acids is 1. The van der Waals surface area contributed by atoms with Gasteiger partial charge in [-0.1, -0.05) is 18.2 Å². The number of carbonyl (C=O) groups is 1. The molecule has 0 aliphatic carbocycles. The molecule has 2 aliphatic rings. The summed E-state index contributed by atoms with van der Waals surface area (Å²) in [7, 11) is -3.51. The molecule has 1 amide bonds. The van der Waals surface area contributed by atoms with Crippen LogP contribution < -0.4 is 14.8 Å². The van der Waals surface area contributed by atoms with Crippen molar-refractivity contribution in [2.45, 2.75) is 24.3 Å². The van der Waals surface area contributed by atoms with Gasteiger partial charge < -0.3 is 19.5 Å². The molecule has 2 aromatic rings. The summed E-state index contributed by atoms with van der Waals surface area (Å²) in [5.74, 6) is 1.36. The van der Waals surface area contributed by atoms with Gasteiger partial charge in [-0.15, -0.1) is 0 Å². The largest absolute Gasteiger partial charge is 0.454 e. The SMILES string of the molecule is O=C(CCc1ccc2c(c1)OCO2)NCc1ccc(S(=O)(=O)N2CCOCC2)cc1. The van der Waals surface area contributed by atoms with E-state index in [1.54, 1.807) is 24.3 Å². The lowest BCUT2D eigenvalue weighted by Gasteiger charge is -2.26. The van der Waals surface area contributed by atoms with Gasteiger partial charge in [-0.05, 0) is 41.8 Å². The molecule has 30 heavy (non-hydrogen) atoms. The Balaban J connectivity index is 1.27. The van der Waals surface area contributed by atoms with Crippen LogP contribution in [0.25, 0.3) is 0 Å². The number of sulfonamides is 1. The first-order chi connectivity index (χ1) is 14.5. The van der Waals surface area contributed by atoms with E-state index in [-0.39, 0.29) is 17.6 Å². The second-order valence-corrected chi connectivity index (χ2v) is 9.06. The lowest BCUT2D eigenvalue weighted by atomic mass is 10.1. The number of hydrogen-bond acceptors (Lipinski definition) is 6. The van der Waals surface area contributed by atoms with E-state index in [0.717, 1.165) is 16.9 Å². The number of ether oxygens (including phenoxy) is 3. The van der Waals surface area contributed by atoms with Gasteiger partial charge in [0.15, 0.2) is 11.5 Å². The molecule has 1 fully saturated rings. The van der Waals surface area contributed by atoms with Crippen LogP contribution in [0.4, 0.5) is 0 Å². The zero-order valence-corrected chi connectivity index (χ0v) is 17.3. The predicted octanol–water partition coefficient (Wildman–Crippen LogP) is 1.69. The van der Waals surface area contributed by atoms with Gasteiger partial charge in [-0.3, -0.25) is 4.79 Å². The minimum Gasteiger partial charge on any atom is -0.454 e. The molecule has 0 spiro atoms. The van der Waals surface area contributed by atoms with Crippen LogP contribution in [0.1, 0.15) is 17.5 Å². The summed E-state index contributed by atoms with van der Waals surface area (Å²) in [5.41, 5.74) is 1.85. The van der Waals surface area contributed by atoms with E-state index in [0.29, 0.717) is 51.4 Å². The number of benzene rings is 2. The van der Waals surface area contributed by atoms with Crippen LogP contribution in [0.2, 0.25) is 0 Å². The van der Waals surface area contributed by atoms with Gasteiger partial charge in [-0.2, -0.15) is 4.31 Å². The van der Waals surface area contributed by atoms with Crippen molar-refractivity contribution in [1.82, 2.24) is 9.62 Å². The van der Waals surface area contributed by atoms with Crippen molar-refractivity contribution in [3.8, 4) is 11.5 Å². The Bertz CT molecular complexity index is 1000. The standard InChI is InChI=1S/C21H24N2O6S/c24-21(8-4-16-3-7-19-20(13-16)29-15-28-19)22-14-17-1-5-18(6-2-17)30(25,26)23-9-11-27-12-10-23/h1-3,5-7,13H,4,8-12,14-15H2,(H,22,24). The molecular formula is C21H24N2O6S. The molecule has 0 bridgehead atoms. The molecule has 0 saturated carbocycles. The highest BCUT2D eigenvalue weighted by molar-refractivity contribution is 7.89. The maximum Gasteiger partial charge on any atom is 0.243 e. The number of morpholine rings is 1. The number of nitrogens with zero attached hydrogens (tertiary/aromatic N) is 1. The summed E-state index contributed by atoms with van der Waals surface area (Å²) in [6, 6.07) is 12.3. The first-order valence-corrected chi connectivity index (χ1v) is 11.3. The molecule has 2 aliphatic heterocycles. The smallest absolute Gasteiger partial charge is 0.243 e. The molecule has 2 aromatic carbocycles. The third-order valence-electron chi connectivity index (χ3n) is 5.10. The number of rotatable bonds is 7. The highest BCUT2D eigenvalue weighted by Crippen LogP contribution is 2.32. The van der Waals surface area contributed by atoms with Crippen LogP contribution in [0.15, 0.2) is 47.4 Å². The molecule has 1 saturated heterocycles. The van der Waals surface area contributed by atoms with Crippen LogP contribution >= 0.6 is 0 Å². The maximum absolute atomic E-state index is 12.6. The van der Waals surface area contributed by atoms with E-state index in [1.807, 2.05) is 18.2 Å². The van der Waals surface area contributed by atoms with Crippen LogP contribution in [0.3, 0.4) is 0 Å². The molecule has 160 valence electrons. The van der Waals surface area contributed by atoms with Gasteiger partial charge >= 0.3 is 0 Å². The van der Waals surface area contributed by atoms with Crippen molar-refractivity contribution in [3.63, 3.8) is 0 Å². The quantitative estimate of drug-likeness (QED) is 0.716. The highest BCUT2D eigenvalue weighted by atomic mass is 32.2. The molecule has 0 atom stereocenters. The van der Waals surface area contributed by atoms with E-state index in [2.05, 4.69) is 5.32 Å². The van der Waals surface area contributed by atoms with E-state index < -0.39 is 10.0 Å². The Kier molecular flexibility index (Phi) is 6.21. The maximum atomic E-state index is 12.6. The second-order valence-electron chi connectivity index (χ2n) is 7.12. The lowest BCUT2D eigenvalue weighted by molar-refractivity contribution is -0.121. The Morgan fingerprint density at radius 3 is 2.43 bits per heavy atom. The fourth-order valence-electron chi connectivity index (χ4n) is 3.36. The Labute approximate surface area is 175 Å². The number of fused-ring (bicyclic) bond motifs is 1. The Morgan fingerprint density at radius 1 is 0.967 bits per heavy atom. The van der Waals surface area contributed by atoms with Crippen LogP contribution in [-0.2, 0) is 32.5 Å². The average Bonchev–Trinajstić information content (AvgIpc) is 3.25. The third-order valence-corrected chi connectivity index (χ3v) is 7.01.